The molecule has 1 aliphatic heterocycles. The quantitative estimate of drug-likeness (QED) is 0.773. The number of nitrogens with zero attached hydrogens (tertiary/aromatic N) is 3. The van der Waals surface area contributed by atoms with E-state index >= 15 is 0 Å². The zero-order chi connectivity index (χ0) is 10.7. The van der Waals surface area contributed by atoms with Gasteiger partial charge in [-0.3, -0.25) is 0 Å². The maximum absolute atomic E-state index is 4.47. The summed E-state index contributed by atoms with van der Waals surface area (Å²) in [7, 11) is 0. The van der Waals surface area contributed by atoms with Gasteiger partial charge in [0.1, 0.15) is 0 Å². The van der Waals surface area contributed by atoms with Crippen molar-refractivity contribution in [3.05, 3.63) is 18.0 Å². The van der Waals surface area contributed by atoms with Crippen LogP contribution in [0.4, 0.5) is 5.95 Å². The fraction of sp³-hybridized carbons (Fsp3) is 0.636. The maximum atomic E-state index is 4.47. The van der Waals surface area contributed by atoms with Crippen LogP contribution >= 0.6 is 15.9 Å². The zero-order valence-corrected chi connectivity index (χ0v) is 10.6. The number of hydrogen-bond donors (Lipinski definition) is 0. The molecule has 1 unspecified atom stereocenters. The highest BCUT2D eigenvalue weighted by Crippen LogP contribution is 2.21. The molecule has 0 amide bonds. The van der Waals surface area contributed by atoms with Crippen molar-refractivity contribution >= 4 is 21.9 Å². The van der Waals surface area contributed by atoms with Crippen LogP contribution in [0.1, 0.15) is 18.5 Å². The van der Waals surface area contributed by atoms with Gasteiger partial charge in [0.2, 0.25) is 5.95 Å². The highest BCUT2D eigenvalue weighted by atomic mass is 79.9. The topological polar surface area (TPSA) is 29.0 Å². The molecular weight excluding hydrogens is 254 g/mol. The normalized spacial score (nSPS) is 21.7. The lowest BCUT2D eigenvalue weighted by atomic mass is 10.0. The summed E-state index contributed by atoms with van der Waals surface area (Å²) in [5, 5.41) is 1.08. The van der Waals surface area contributed by atoms with Gasteiger partial charge in [0.15, 0.2) is 0 Å². The number of hydrogen-bond acceptors (Lipinski definition) is 3. The predicted octanol–water partition coefficient (Wildman–Crippen LogP) is 2.40. The first-order valence-electron chi connectivity index (χ1n) is 5.40. The number of alkyl halides is 1. The van der Waals surface area contributed by atoms with E-state index in [1.807, 2.05) is 19.2 Å². The molecule has 0 aliphatic carbocycles. The first-order valence-corrected chi connectivity index (χ1v) is 6.52. The Balaban J connectivity index is 2.09. The Bertz CT molecular complexity index is 329. The summed E-state index contributed by atoms with van der Waals surface area (Å²) in [6, 6.07) is 1.94. The number of piperidine rings is 1. The van der Waals surface area contributed by atoms with E-state index in [9.17, 15) is 0 Å². The Kier molecular flexibility index (Phi) is 3.57. The molecule has 1 fully saturated rings. The number of rotatable bonds is 2. The van der Waals surface area contributed by atoms with Crippen LogP contribution < -0.4 is 4.90 Å². The first-order chi connectivity index (χ1) is 7.29. The van der Waals surface area contributed by atoms with E-state index in [4.69, 9.17) is 0 Å². The van der Waals surface area contributed by atoms with Crippen LogP contribution in [0.5, 0.6) is 0 Å². The summed E-state index contributed by atoms with van der Waals surface area (Å²) in [6.45, 7) is 4.18. The van der Waals surface area contributed by atoms with Gasteiger partial charge in [0.05, 0.1) is 0 Å². The van der Waals surface area contributed by atoms with Gasteiger partial charge in [-0.15, -0.1) is 0 Å². The summed E-state index contributed by atoms with van der Waals surface area (Å²) in [6.07, 6.45) is 4.40. The molecule has 2 rings (SSSR count). The zero-order valence-electron chi connectivity index (χ0n) is 8.99. The van der Waals surface area contributed by atoms with Crippen LogP contribution in [0.3, 0.4) is 0 Å². The van der Waals surface area contributed by atoms with Gasteiger partial charge in [-0.25, -0.2) is 9.97 Å². The van der Waals surface area contributed by atoms with E-state index in [0.717, 1.165) is 36.0 Å². The molecule has 1 aromatic rings. The van der Waals surface area contributed by atoms with E-state index in [0.29, 0.717) is 0 Å². The third-order valence-electron chi connectivity index (χ3n) is 2.80. The van der Waals surface area contributed by atoms with Crippen LogP contribution in [-0.4, -0.2) is 28.4 Å². The van der Waals surface area contributed by atoms with Gasteiger partial charge in [-0.05, 0) is 31.7 Å². The molecular formula is C11H16BrN3. The van der Waals surface area contributed by atoms with Crippen molar-refractivity contribution in [2.75, 3.05) is 23.3 Å². The molecule has 0 N–H and O–H groups in total. The Labute approximate surface area is 99.0 Å². The van der Waals surface area contributed by atoms with E-state index < -0.39 is 0 Å². The highest BCUT2D eigenvalue weighted by Gasteiger charge is 2.20. The molecule has 3 nitrogen and oxygen atoms in total. The minimum Gasteiger partial charge on any atom is -0.341 e. The molecule has 15 heavy (non-hydrogen) atoms. The molecule has 0 saturated carbocycles. The lowest BCUT2D eigenvalue weighted by molar-refractivity contribution is 0.450. The monoisotopic (exact) mass is 269 g/mol. The molecule has 1 atom stereocenters. The van der Waals surface area contributed by atoms with Crippen LogP contribution in [-0.2, 0) is 0 Å². The molecule has 2 heterocycles. The number of aryl methyl sites for hydroxylation is 1. The molecule has 0 aromatic carbocycles. The third kappa shape index (κ3) is 2.68. The van der Waals surface area contributed by atoms with Gasteiger partial charge in [-0.1, -0.05) is 15.9 Å². The van der Waals surface area contributed by atoms with Crippen molar-refractivity contribution in [3.8, 4) is 0 Å². The van der Waals surface area contributed by atoms with Crippen LogP contribution in [0, 0.1) is 12.8 Å². The van der Waals surface area contributed by atoms with E-state index in [1.54, 1.807) is 0 Å². The number of halogens is 1. The second kappa shape index (κ2) is 4.92. The smallest absolute Gasteiger partial charge is 0.225 e. The van der Waals surface area contributed by atoms with E-state index in [-0.39, 0.29) is 0 Å². The highest BCUT2D eigenvalue weighted by molar-refractivity contribution is 9.09. The second-order valence-corrected chi connectivity index (χ2v) is 4.75. The minimum atomic E-state index is 0.739. The van der Waals surface area contributed by atoms with Crippen molar-refractivity contribution in [2.24, 2.45) is 5.92 Å². The third-order valence-corrected chi connectivity index (χ3v) is 3.72. The average Bonchev–Trinajstić information content (AvgIpc) is 2.29. The largest absolute Gasteiger partial charge is 0.341 e. The van der Waals surface area contributed by atoms with Crippen molar-refractivity contribution in [3.63, 3.8) is 0 Å². The second-order valence-electron chi connectivity index (χ2n) is 4.11. The fourth-order valence-electron chi connectivity index (χ4n) is 1.96. The number of aromatic nitrogens is 2. The lowest BCUT2D eigenvalue weighted by Gasteiger charge is -2.31. The summed E-state index contributed by atoms with van der Waals surface area (Å²) >= 11 is 3.56. The van der Waals surface area contributed by atoms with Crippen molar-refractivity contribution in [1.29, 1.82) is 0 Å². The maximum Gasteiger partial charge on any atom is 0.225 e. The van der Waals surface area contributed by atoms with Gasteiger partial charge >= 0.3 is 0 Å². The van der Waals surface area contributed by atoms with E-state index in [2.05, 4.69) is 30.8 Å². The molecule has 4 heteroatoms. The van der Waals surface area contributed by atoms with Crippen LogP contribution in [0.25, 0.3) is 0 Å². The standard InChI is InChI=1S/C11H16BrN3/c1-9-4-5-13-11(14-9)15-6-2-3-10(7-12)8-15/h4-5,10H,2-3,6-8H2,1H3. The summed E-state index contributed by atoms with van der Waals surface area (Å²) in [5.74, 6) is 1.63. The van der Waals surface area contributed by atoms with Crippen LogP contribution in [0.15, 0.2) is 12.3 Å². The summed E-state index contributed by atoms with van der Waals surface area (Å²) in [5.41, 5.74) is 1.04. The van der Waals surface area contributed by atoms with Crippen molar-refractivity contribution in [1.82, 2.24) is 9.97 Å². The predicted molar refractivity (Wildman–Crippen MR) is 65.5 cm³/mol. The Morgan fingerprint density at radius 1 is 1.60 bits per heavy atom. The lowest BCUT2D eigenvalue weighted by Crippen LogP contribution is -2.37. The molecule has 1 aliphatic rings. The van der Waals surface area contributed by atoms with Gasteiger partial charge in [0, 0.05) is 30.3 Å². The summed E-state index contributed by atoms with van der Waals surface area (Å²) in [4.78, 5) is 11.1. The first kappa shape index (κ1) is 10.9. The van der Waals surface area contributed by atoms with Gasteiger partial charge in [-0.2, -0.15) is 0 Å². The van der Waals surface area contributed by atoms with Crippen molar-refractivity contribution < 1.29 is 0 Å². The minimum absolute atomic E-state index is 0.739. The van der Waals surface area contributed by atoms with Crippen LogP contribution in [0.2, 0.25) is 0 Å². The van der Waals surface area contributed by atoms with Crippen molar-refractivity contribution in [2.45, 2.75) is 19.8 Å². The molecule has 0 radical (unpaired) electrons. The molecule has 82 valence electrons. The average molecular weight is 270 g/mol. The Morgan fingerprint density at radius 3 is 3.20 bits per heavy atom. The summed E-state index contributed by atoms with van der Waals surface area (Å²) < 4.78 is 0. The van der Waals surface area contributed by atoms with E-state index in [1.165, 1.54) is 12.8 Å². The molecule has 1 aromatic heterocycles. The van der Waals surface area contributed by atoms with Gasteiger partial charge in [0.25, 0.3) is 0 Å². The molecule has 0 spiro atoms. The fourth-order valence-corrected chi connectivity index (χ4v) is 2.49. The molecule has 0 bridgehead atoms. The number of anilines is 1. The Morgan fingerprint density at radius 2 is 2.47 bits per heavy atom. The SMILES string of the molecule is Cc1ccnc(N2CCCC(CBr)C2)n1. The van der Waals surface area contributed by atoms with Gasteiger partial charge < -0.3 is 4.90 Å². The molecule has 1 saturated heterocycles. The Hall–Kier alpha value is -0.640.